The van der Waals surface area contributed by atoms with Gasteiger partial charge in [-0.3, -0.25) is 4.90 Å². The fraction of sp³-hybridized carbons (Fsp3) is 0.684. The molecule has 3 nitrogen and oxygen atoms in total. The quantitative estimate of drug-likeness (QED) is 0.782. The Kier molecular flexibility index (Phi) is 3.19. The Morgan fingerprint density at radius 1 is 1.18 bits per heavy atom. The summed E-state index contributed by atoms with van der Waals surface area (Å²) in [6.45, 7) is 12.4. The molecule has 3 aliphatic rings. The third-order valence-corrected chi connectivity index (χ3v) is 6.06. The molecule has 1 fully saturated rings. The van der Waals surface area contributed by atoms with Gasteiger partial charge in [-0.2, -0.15) is 0 Å². The van der Waals surface area contributed by atoms with Crippen LogP contribution in [-0.2, 0) is 6.42 Å². The van der Waals surface area contributed by atoms with Crippen LogP contribution in [0.1, 0.15) is 51.3 Å². The van der Waals surface area contributed by atoms with Gasteiger partial charge in [0.2, 0.25) is 6.79 Å². The Bertz CT molecular complexity index is 593. The number of fused-ring (bicyclic) bond motifs is 4. The van der Waals surface area contributed by atoms with Crippen molar-refractivity contribution in [1.82, 2.24) is 4.90 Å². The zero-order valence-corrected chi connectivity index (χ0v) is 14.2. The van der Waals surface area contributed by atoms with Crippen LogP contribution in [-0.4, -0.2) is 24.8 Å². The maximum atomic E-state index is 5.61. The number of nitrogens with zero attached hydrogens (tertiary/aromatic N) is 1. The lowest BCUT2D eigenvalue weighted by molar-refractivity contribution is -0.0139. The van der Waals surface area contributed by atoms with Gasteiger partial charge in [-0.15, -0.1) is 0 Å². The van der Waals surface area contributed by atoms with Crippen molar-refractivity contribution < 1.29 is 9.47 Å². The summed E-state index contributed by atoms with van der Waals surface area (Å²) >= 11 is 0. The number of benzene rings is 1. The van der Waals surface area contributed by atoms with Crippen LogP contribution in [0.15, 0.2) is 12.1 Å². The van der Waals surface area contributed by atoms with Crippen molar-refractivity contribution in [1.29, 1.82) is 0 Å². The Morgan fingerprint density at radius 2 is 1.91 bits per heavy atom. The summed E-state index contributed by atoms with van der Waals surface area (Å²) in [6.07, 6.45) is 2.37. The predicted molar refractivity (Wildman–Crippen MR) is 87.3 cm³/mol. The first kappa shape index (κ1) is 14.4. The molecule has 1 aromatic carbocycles. The lowest BCUT2D eigenvalue weighted by Gasteiger charge is -2.52. The van der Waals surface area contributed by atoms with Crippen LogP contribution in [0.2, 0.25) is 0 Å². The second kappa shape index (κ2) is 4.89. The summed E-state index contributed by atoms with van der Waals surface area (Å²) in [5, 5.41) is 0. The smallest absolute Gasteiger partial charge is 0.231 e. The molecule has 3 heterocycles. The minimum absolute atomic E-state index is 0.369. The Labute approximate surface area is 133 Å². The van der Waals surface area contributed by atoms with Crippen molar-refractivity contribution in [2.45, 2.75) is 46.6 Å². The fourth-order valence-electron chi connectivity index (χ4n) is 4.86. The molecule has 1 saturated heterocycles. The van der Waals surface area contributed by atoms with E-state index < -0.39 is 0 Å². The van der Waals surface area contributed by atoms with Crippen LogP contribution in [0, 0.1) is 17.3 Å². The average Bonchev–Trinajstić information content (AvgIpc) is 2.90. The van der Waals surface area contributed by atoms with Crippen LogP contribution >= 0.6 is 0 Å². The van der Waals surface area contributed by atoms with E-state index in [1.165, 1.54) is 30.6 Å². The first-order chi connectivity index (χ1) is 10.5. The zero-order valence-electron chi connectivity index (χ0n) is 14.2. The van der Waals surface area contributed by atoms with Crippen molar-refractivity contribution in [3.8, 4) is 11.5 Å². The first-order valence-electron chi connectivity index (χ1n) is 8.62. The third kappa shape index (κ3) is 2.13. The number of hydrogen-bond acceptors (Lipinski definition) is 3. The van der Waals surface area contributed by atoms with Crippen LogP contribution in [0.25, 0.3) is 0 Å². The summed E-state index contributed by atoms with van der Waals surface area (Å²) in [4.78, 5) is 2.71. The number of hydrogen-bond donors (Lipinski definition) is 0. The summed E-state index contributed by atoms with van der Waals surface area (Å²) < 4.78 is 11.2. The summed E-state index contributed by atoms with van der Waals surface area (Å²) in [5.74, 6) is 3.39. The summed E-state index contributed by atoms with van der Waals surface area (Å²) in [5.41, 5.74) is 3.33. The molecule has 0 amide bonds. The number of piperidine rings is 1. The minimum atomic E-state index is 0.369. The van der Waals surface area contributed by atoms with Crippen LogP contribution in [0.3, 0.4) is 0 Å². The van der Waals surface area contributed by atoms with E-state index in [9.17, 15) is 0 Å². The molecule has 0 spiro atoms. The van der Waals surface area contributed by atoms with E-state index in [4.69, 9.17) is 9.47 Å². The van der Waals surface area contributed by atoms with Gasteiger partial charge in [0.15, 0.2) is 11.5 Å². The highest BCUT2D eigenvalue weighted by molar-refractivity contribution is 5.50. The molecule has 2 atom stereocenters. The second-order valence-electron chi connectivity index (χ2n) is 8.21. The number of rotatable bonds is 1. The Hall–Kier alpha value is -1.22. The molecule has 2 unspecified atom stereocenters. The van der Waals surface area contributed by atoms with Crippen molar-refractivity contribution in [2.75, 3.05) is 19.9 Å². The van der Waals surface area contributed by atoms with Crippen molar-refractivity contribution >= 4 is 0 Å². The van der Waals surface area contributed by atoms with Crippen LogP contribution in [0.4, 0.5) is 0 Å². The standard InChI is InChI=1S/C19H27NO2/c1-12(2)15-10-20-6-5-13-7-17-18(22-11-21-17)8-14(13)16(20)9-19(15,3)4/h7-8,12,15-16H,5-6,9-11H2,1-4H3. The van der Waals surface area contributed by atoms with Gasteiger partial charge in [0.05, 0.1) is 0 Å². The molecule has 0 saturated carbocycles. The second-order valence-corrected chi connectivity index (χ2v) is 8.21. The van der Waals surface area contributed by atoms with E-state index in [0.717, 1.165) is 29.8 Å². The van der Waals surface area contributed by atoms with Crippen molar-refractivity contribution in [3.05, 3.63) is 23.3 Å². The van der Waals surface area contributed by atoms with E-state index in [0.29, 0.717) is 18.2 Å². The van der Waals surface area contributed by atoms with Gasteiger partial charge in [0.1, 0.15) is 0 Å². The highest BCUT2D eigenvalue weighted by Gasteiger charge is 2.44. The van der Waals surface area contributed by atoms with E-state index in [1.54, 1.807) is 0 Å². The first-order valence-corrected chi connectivity index (χ1v) is 8.62. The normalized spacial score (nSPS) is 29.3. The van der Waals surface area contributed by atoms with E-state index >= 15 is 0 Å². The third-order valence-electron chi connectivity index (χ3n) is 6.06. The largest absolute Gasteiger partial charge is 0.454 e. The monoisotopic (exact) mass is 301 g/mol. The van der Waals surface area contributed by atoms with E-state index in [1.807, 2.05) is 0 Å². The molecule has 0 radical (unpaired) electrons. The molecule has 0 N–H and O–H groups in total. The molecule has 22 heavy (non-hydrogen) atoms. The Morgan fingerprint density at radius 3 is 2.64 bits per heavy atom. The SMILES string of the molecule is CC(C)C1CN2CCc3cc4c(cc3C2CC1(C)C)OCO4. The zero-order chi connectivity index (χ0) is 15.5. The molecule has 0 aliphatic carbocycles. The van der Waals surface area contributed by atoms with Crippen LogP contribution in [0.5, 0.6) is 11.5 Å². The van der Waals surface area contributed by atoms with Gasteiger partial charge in [0.25, 0.3) is 0 Å². The van der Waals surface area contributed by atoms with E-state index in [-0.39, 0.29) is 0 Å². The fourth-order valence-corrected chi connectivity index (χ4v) is 4.86. The maximum absolute atomic E-state index is 5.61. The van der Waals surface area contributed by atoms with Gasteiger partial charge in [0, 0.05) is 19.1 Å². The molecular weight excluding hydrogens is 274 g/mol. The highest BCUT2D eigenvalue weighted by Crippen LogP contribution is 2.51. The Balaban J connectivity index is 1.70. The van der Waals surface area contributed by atoms with Gasteiger partial charge in [-0.25, -0.2) is 0 Å². The lowest BCUT2D eigenvalue weighted by atomic mass is 9.64. The molecule has 3 aliphatic heterocycles. The molecule has 0 aromatic heterocycles. The molecule has 120 valence electrons. The van der Waals surface area contributed by atoms with Gasteiger partial charge in [-0.1, -0.05) is 27.7 Å². The van der Waals surface area contributed by atoms with E-state index in [2.05, 4.69) is 44.7 Å². The van der Waals surface area contributed by atoms with Gasteiger partial charge < -0.3 is 9.47 Å². The van der Waals surface area contributed by atoms with Crippen molar-refractivity contribution in [2.24, 2.45) is 17.3 Å². The molecule has 0 bridgehead atoms. The number of ether oxygens (including phenoxy) is 2. The molecule has 3 heteroatoms. The minimum Gasteiger partial charge on any atom is -0.454 e. The van der Waals surface area contributed by atoms with Crippen molar-refractivity contribution in [3.63, 3.8) is 0 Å². The topological polar surface area (TPSA) is 21.7 Å². The van der Waals surface area contributed by atoms with Crippen LogP contribution < -0.4 is 9.47 Å². The molecular formula is C19H27NO2. The lowest BCUT2D eigenvalue weighted by Crippen LogP contribution is -2.50. The average molecular weight is 301 g/mol. The summed E-state index contributed by atoms with van der Waals surface area (Å²) in [7, 11) is 0. The van der Waals surface area contributed by atoms with Gasteiger partial charge >= 0.3 is 0 Å². The summed E-state index contributed by atoms with van der Waals surface area (Å²) in [6, 6.07) is 5.01. The van der Waals surface area contributed by atoms with Gasteiger partial charge in [-0.05, 0) is 53.4 Å². The maximum Gasteiger partial charge on any atom is 0.231 e. The predicted octanol–water partition coefficient (Wildman–Crippen LogP) is 4.02. The highest BCUT2D eigenvalue weighted by atomic mass is 16.7. The molecule has 1 aromatic rings. The molecule has 4 rings (SSSR count).